The molecular formula is C16H23N3O. The molecule has 1 N–H and O–H groups in total. The van der Waals surface area contributed by atoms with Crippen molar-refractivity contribution in [3.8, 4) is 11.4 Å². The van der Waals surface area contributed by atoms with Crippen molar-refractivity contribution in [3.63, 3.8) is 0 Å². The lowest BCUT2D eigenvalue weighted by molar-refractivity contribution is 0.535. The number of likely N-dealkylation sites (N-methyl/N-ethyl adjacent to an activating group) is 1. The van der Waals surface area contributed by atoms with E-state index in [0.717, 1.165) is 54.3 Å². The molecule has 0 bridgehead atoms. The average molecular weight is 273 g/mol. The van der Waals surface area contributed by atoms with Gasteiger partial charge in [-0.1, -0.05) is 13.8 Å². The van der Waals surface area contributed by atoms with Gasteiger partial charge in [0.1, 0.15) is 5.76 Å². The maximum Gasteiger partial charge on any atom is 0.163 e. The second-order valence-electron chi connectivity index (χ2n) is 4.87. The minimum absolute atomic E-state index is 0.790. The fourth-order valence-electron chi connectivity index (χ4n) is 2.44. The zero-order valence-electron chi connectivity index (χ0n) is 12.8. The third kappa shape index (κ3) is 2.90. The highest BCUT2D eigenvalue weighted by molar-refractivity contribution is 5.57. The zero-order chi connectivity index (χ0) is 14.5. The Morgan fingerprint density at radius 2 is 1.80 bits per heavy atom. The molecule has 0 unspecified atom stereocenters. The average Bonchev–Trinajstić information content (AvgIpc) is 2.90. The van der Waals surface area contributed by atoms with Crippen LogP contribution in [-0.2, 0) is 19.3 Å². The molecule has 0 aromatic carbocycles. The first-order valence-electron chi connectivity index (χ1n) is 7.28. The summed E-state index contributed by atoms with van der Waals surface area (Å²) in [7, 11) is 1.97. The lowest BCUT2D eigenvalue weighted by Crippen LogP contribution is -2.15. The third-order valence-corrected chi connectivity index (χ3v) is 3.57. The van der Waals surface area contributed by atoms with Crippen molar-refractivity contribution < 1.29 is 4.42 Å². The number of hydrogen-bond donors (Lipinski definition) is 1. The Labute approximate surface area is 120 Å². The summed E-state index contributed by atoms with van der Waals surface area (Å²) in [6.07, 6.45) is 4.53. The first-order chi connectivity index (χ1) is 9.71. The molecule has 0 aliphatic heterocycles. The van der Waals surface area contributed by atoms with Crippen molar-refractivity contribution in [2.75, 3.05) is 13.6 Å². The number of nitrogens with zero attached hydrogens (tertiary/aromatic N) is 2. The predicted molar refractivity (Wildman–Crippen MR) is 80.9 cm³/mol. The van der Waals surface area contributed by atoms with Crippen LogP contribution in [0, 0.1) is 6.92 Å². The molecule has 0 radical (unpaired) electrons. The molecule has 108 valence electrons. The van der Waals surface area contributed by atoms with Gasteiger partial charge in [-0.3, -0.25) is 0 Å². The highest BCUT2D eigenvalue weighted by atomic mass is 16.3. The van der Waals surface area contributed by atoms with Gasteiger partial charge in [0.25, 0.3) is 0 Å². The topological polar surface area (TPSA) is 51.0 Å². The molecule has 0 atom stereocenters. The molecule has 2 aromatic rings. The summed E-state index contributed by atoms with van der Waals surface area (Å²) in [6.45, 7) is 7.20. The van der Waals surface area contributed by atoms with Crippen molar-refractivity contribution in [1.29, 1.82) is 0 Å². The molecular weight excluding hydrogens is 250 g/mol. The molecule has 0 amide bonds. The van der Waals surface area contributed by atoms with E-state index in [-0.39, 0.29) is 0 Å². The summed E-state index contributed by atoms with van der Waals surface area (Å²) in [5.41, 5.74) is 4.61. The molecule has 4 heteroatoms. The van der Waals surface area contributed by atoms with E-state index < -0.39 is 0 Å². The van der Waals surface area contributed by atoms with Gasteiger partial charge in [-0.2, -0.15) is 0 Å². The first-order valence-corrected chi connectivity index (χ1v) is 7.28. The largest absolute Gasteiger partial charge is 0.469 e. The van der Waals surface area contributed by atoms with Crippen LogP contribution in [0.5, 0.6) is 0 Å². The molecule has 2 rings (SSSR count). The standard InChI is InChI=1S/C16H23N3O/c1-5-14-13(7-9-17-4)15(6-2)19-16(18-14)12-8-10-20-11(12)3/h8,10,17H,5-7,9H2,1-4H3. The normalized spacial score (nSPS) is 11.0. The van der Waals surface area contributed by atoms with Gasteiger partial charge in [0.05, 0.1) is 11.8 Å². The lowest BCUT2D eigenvalue weighted by Gasteiger charge is -2.13. The Morgan fingerprint density at radius 1 is 1.15 bits per heavy atom. The molecule has 0 spiro atoms. The number of hydrogen-bond acceptors (Lipinski definition) is 4. The monoisotopic (exact) mass is 273 g/mol. The molecule has 0 saturated heterocycles. The summed E-state index contributed by atoms with van der Waals surface area (Å²) >= 11 is 0. The third-order valence-electron chi connectivity index (χ3n) is 3.57. The highest BCUT2D eigenvalue weighted by Crippen LogP contribution is 2.24. The smallest absolute Gasteiger partial charge is 0.163 e. The lowest BCUT2D eigenvalue weighted by atomic mass is 10.0. The molecule has 2 heterocycles. The number of rotatable bonds is 6. The number of furan rings is 1. The first kappa shape index (κ1) is 14.7. The Balaban J connectivity index is 2.49. The Kier molecular flexibility index (Phi) is 4.90. The molecule has 4 nitrogen and oxygen atoms in total. The van der Waals surface area contributed by atoms with Crippen LogP contribution >= 0.6 is 0 Å². The summed E-state index contributed by atoms with van der Waals surface area (Å²) in [5.74, 6) is 1.66. The van der Waals surface area contributed by atoms with Gasteiger partial charge < -0.3 is 9.73 Å². The Bertz CT molecular complexity index is 550. The highest BCUT2D eigenvalue weighted by Gasteiger charge is 2.15. The van der Waals surface area contributed by atoms with Crippen molar-refractivity contribution in [2.24, 2.45) is 0 Å². The quantitative estimate of drug-likeness (QED) is 0.879. The van der Waals surface area contributed by atoms with Crippen LogP contribution in [0.2, 0.25) is 0 Å². The van der Waals surface area contributed by atoms with Crippen LogP contribution < -0.4 is 5.32 Å². The van der Waals surface area contributed by atoms with Gasteiger partial charge in [0, 0.05) is 11.4 Å². The Hall–Kier alpha value is -1.68. The zero-order valence-corrected chi connectivity index (χ0v) is 12.8. The summed E-state index contributed by atoms with van der Waals surface area (Å²) in [4.78, 5) is 9.51. The van der Waals surface area contributed by atoms with E-state index in [1.165, 1.54) is 5.56 Å². The van der Waals surface area contributed by atoms with Crippen LogP contribution in [-0.4, -0.2) is 23.6 Å². The van der Waals surface area contributed by atoms with E-state index in [9.17, 15) is 0 Å². The molecule has 0 fully saturated rings. The Morgan fingerprint density at radius 3 is 2.25 bits per heavy atom. The van der Waals surface area contributed by atoms with E-state index in [4.69, 9.17) is 14.4 Å². The number of aromatic nitrogens is 2. The maximum atomic E-state index is 5.37. The molecule has 2 aromatic heterocycles. The minimum atomic E-state index is 0.790. The second-order valence-corrected chi connectivity index (χ2v) is 4.87. The van der Waals surface area contributed by atoms with Gasteiger partial charge in [-0.05, 0) is 51.4 Å². The van der Waals surface area contributed by atoms with Crippen LogP contribution in [0.15, 0.2) is 16.7 Å². The van der Waals surface area contributed by atoms with E-state index >= 15 is 0 Å². The van der Waals surface area contributed by atoms with Gasteiger partial charge in [0.2, 0.25) is 0 Å². The van der Waals surface area contributed by atoms with Crippen molar-refractivity contribution in [2.45, 2.75) is 40.0 Å². The maximum absolute atomic E-state index is 5.37. The predicted octanol–water partition coefficient (Wildman–Crippen LogP) is 2.93. The summed E-state index contributed by atoms with van der Waals surface area (Å²) in [6, 6.07) is 1.94. The van der Waals surface area contributed by atoms with Crippen molar-refractivity contribution in [1.82, 2.24) is 15.3 Å². The fraction of sp³-hybridized carbons (Fsp3) is 0.500. The molecule has 0 aliphatic carbocycles. The van der Waals surface area contributed by atoms with Gasteiger partial charge in [0.15, 0.2) is 5.82 Å². The fourth-order valence-corrected chi connectivity index (χ4v) is 2.44. The van der Waals surface area contributed by atoms with Crippen LogP contribution in [0.1, 0.15) is 36.6 Å². The van der Waals surface area contributed by atoms with E-state index in [0.29, 0.717) is 0 Å². The second kappa shape index (κ2) is 6.66. The van der Waals surface area contributed by atoms with Gasteiger partial charge >= 0.3 is 0 Å². The summed E-state index contributed by atoms with van der Waals surface area (Å²) in [5, 5.41) is 3.20. The van der Waals surface area contributed by atoms with Crippen LogP contribution in [0.3, 0.4) is 0 Å². The van der Waals surface area contributed by atoms with Crippen molar-refractivity contribution in [3.05, 3.63) is 35.0 Å². The van der Waals surface area contributed by atoms with Crippen molar-refractivity contribution >= 4 is 0 Å². The summed E-state index contributed by atoms with van der Waals surface area (Å²) < 4.78 is 5.37. The number of aryl methyl sites for hydroxylation is 3. The van der Waals surface area contributed by atoms with Gasteiger partial charge in [-0.25, -0.2) is 9.97 Å². The molecule has 0 aliphatic rings. The molecule has 0 saturated carbocycles. The SMILES string of the molecule is CCc1nc(-c2ccoc2C)nc(CC)c1CCNC. The molecule has 20 heavy (non-hydrogen) atoms. The van der Waals surface area contributed by atoms with Crippen LogP contribution in [0.4, 0.5) is 0 Å². The van der Waals surface area contributed by atoms with E-state index in [1.54, 1.807) is 6.26 Å². The van der Waals surface area contributed by atoms with E-state index in [1.807, 2.05) is 20.0 Å². The van der Waals surface area contributed by atoms with Gasteiger partial charge in [-0.15, -0.1) is 0 Å². The van der Waals surface area contributed by atoms with E-state index in [2.05, 4.69) is 19.2 Å². The number of nitrogens with one attached hydrogen (secondary N) is 1. The minimum Gasteiger partial charge on any atom is -0.469 e. The van der Waals surface area contributed by atoms with Crippen LogP contribution in [0.25, 0.3) is 11.4 Å².